The first-order valence-corrected chi connectivity index (χ1v) is 12.8. The van der Waals surface area contributed by atoms with Crippen LogP contribution >= 0.6 is 11.8 Å². The zero-order chi connectivity index (χ0) is 23.2. The largest absolute Gasteiger partial charge is 0.481 e. The van der Waals surface area contributed by atoms with Crippen molar-refractivity contribution in [2.75, 3.05) is 5.75 Å². The van der Waals surface area contributed by atoms with Crippen molar-refractivity contribution in [2.45, 2.75) is 104 Å². The number of aliphatic carboxylic acids is 1. The zero-order valence-corrected chi connectivity index (χ0v) is 20.6. The summed E-state index contributed by atoms with van der Waals surface area (Å²) < 4.78 is 5.98. The van der Waals surface area contributed by atoms with Gasteiger partial charge in [-0.3, -0.25) is 14.6 Å². The summed E-state index contributed by atoms with van der Waals surface area (Å²) in [6.45, 7) is 10.4. The minimum Gasteiger partial charge on any atom is -0.481 e. The molecule has 31 heavy (non-hydrogen) atoms. The number of rotatable bonds is 11. The number of carbonyl (C=O) groups excluding carboxylic acids is 1. The van der Waals surface area contributed by atoms with Crippen molar-refractivity contribution in [1.29, 1.82) is 0 Å². The molecule has 2 N–H and O–H groups in total. The van der Waals surface area contributed by atoms with Gasteiger partial charge in [0.1, 0.15) is 6.10 Å². The third-order valence-corrected chi connectivity index (χ3v) is 7.89. The fourth-order valence-corrected chi connectivity index (χ4v) is 5.59. The summed E-state index contributed by atoms with van der Waals surface area (Å²) >= 11 is 1.63. The first kappa shape index (κ1) is 26.2. The van der Waals surface area contributed by atoms with E-state index in [-0.39, 0.29) is 47.7 Å². The number of carbonyl (C=O) groups is 2. The molecule has 1 heterocycles. The maximum absolute atomic E-state index is 12.6. The zero-order valence-electron chi connectivity index (χ0n) is 19.8. The Hall–Kier alpha value is -1.08. The molecule has 2 aliphatic rings. The van der Waals surface area contributed by atoms with E-state index in [9.17, 15) is 14.7 Å². The highest BCUT2D eigenvalue weighted by molar-refractivity contribution is 8.14. The molecule has 0 aromatic heterocycles. The average molecular weight is 456 g/mol. The van der Waals surface area contributed by atoms with Crippen molar-refractivity contribution in [2.24, 2.45) is 28.2 Å². The molecule has 1 saturated carbocycles. The van der Waals surface area contributed by atoms with Crippen LogP contribution in [-0.4, -0.2) is 51.2 Å². The number of aliphatic hydroxyl groups excluding tert-OH is 1. The molecule has 178 valence electrons. The fourth-order valence-electron chi connectivity index (χ4n) is 4.34. The fraction of sp³-hybridized carbons (Fsp3) is 0.875. The highest BCUT2D eigenvalue weighted by Crippen LogP contribution is 2.34. The second-order valence-corrected chi connectivity index (χ2v) is 11.6. The number of ether oxygens (including phenoxy) is 1. The maximum atomic E-state index is 12.6. The Morgan fingerprint density at radius 2 is 1.84 bits per heavy atom. The monoisotopic (exact) mass is 455 g/mol. The van der Waals surface area contributed by atoms with Crippen LogP contribution in [-0.2, 0) is 14.3 Å². The van der Waals surface area contributed by atoms with Crippen LogP contribution in [0.25, 0.3) is 0 Å². The average Bonchev–Trinajstić information content (AvgIpc) is 3.36. The van der Waals surface area contributed by atoms with Gasteiger partial charge in [-0.15, -0.1) is 11.8 Å². The highest BCUT2D eigenvalue weighted by atomic mass is 32.2. The minimum absolute atomic E-state index is 0.0310. The Balaban J connectivity index is 1.87. The first-order chi connectivity index (χ1) is 14.5. The van der Waals surface area contributed by atoms with Gasteiger partial charge in [-0.2, -0.15) is 0 Å². The van der Waals surface area contributed by atoms with E-state index < -0.39 is 12.1 Å². The van der Waals surface area contributed by atoms with E-state index in [1.165, 1.54) is 0 Å². The molecular formula is C24H41NO5S. The summed E-state index contributed by atoms with van der Waals surface area (Å²) in [7, 11) is 0. The Morgan fingerprint density at radius 3 is 2.42 bits per heavy atom. The molecule has 0 bridgehead atoms. The number of esters is 1. The number of hydrogen-bond acceptors (Lipinski definition) is 6. The molecule has 0 radical (unpaired) electrons. The predicted octanol–water partition coefficient (Wildman–Crippen LogP) is 4.93. The van der Waals surface area contributed by atoms with Crippen molar-refractivity contribution >= 4 is 28.7 Å². The summed E-state index contributed by atoms with van der Waals surface area (Å²) in [4.78, 5) is 28.0. The molecule has 0 saturated heterocycles. The Morgan fingerprint density at radius 1 is 1.19 bits per heavy atom. The van der Waals surface area contributed by atoms with E-state index in [4.69, 9.17) is 9.84 Å². The molecule has 1 unspecified atom stereocenters. The van der Waals surface area contributed by atoms with E-state index in [1.807, 2.05) is 6.92 Å². The van der Waals surface area contributed by atoms with Crippen molar-refractivity contribution in [3.63, 3.8) is 0 Å². The lowest BCUT2D eigenvalue weighted by Gasteiger charge is -2.34. The van der Waals surface area contributed by atoms with Gasteiger partial charge in [-0.1, -0.05) is 47.5 Å². The van der Waals surface area contributed by atoms with Crippen molar-refractivity contribution in [3.8, 4) is 0 Å². The smallest absolute Gasteiger partial charge is 0.309 e. The Bertz CT molecular complexity index is 638. The molecule has 1 aliphatic carbocycles. The van der Waals surface area contributed by atoms with Crippen LogP contribution in [0.4, 0.5) is 0 Å². The molecule has 0 amide bonds. The van der Waals surface area contributed by atoms with E-state index in [1.54, 1.807) is 11.8 Å². The maximum Gasteiger partial charge on any atom is 0.309 e. The van der Waals surface area contributed by atoms with Crippen LogP contribution < -0.4 is 0 Å². The van der Waals surface area contributed by atoms with E-state index in [0.717, 1.165) is 42.9 Å². The van der Waals surface area contributed by atoms with Gasteiger partial charge in [0.25, 0.3) is 0 Å². The number of hydrogen-bond donors (Lipinski definition) is 2. The topological polar surface area (TPSA) is 96.2 Å². The van der Waals surface area contributed by atoms with Crippen LogP contribution in [0, 0.1) is 23.2 Å². The Kier molecular flexibility index (Phi) is 9.87. The molecule has 2 rings (SSSR count). The number of aliphatic imine (C=N–C) groups is 1. The molecule has 0 spiro atoms. The van der Waals surface area contributed by atoms with E-state index in [0.29, 0.717) is 12.8 Å². The number of carboxylic acid groups (broad SMARTS) is 1. The van der Waals surface area contributed by atoms with Crippen molar-refractivity contribution < 1.29 is 24.5 Å². The summed E-state index contributed by atoms with van der Waals surface area (Å²) in [5.41, 5.74) is -0.151. The summed E-state index contributed by atoms with van der Waals surface area (Å²) in [6.07, 6.45) is 5.43. The van der Waals surface area contributed by atoms with Gasteiger partial charge in [0.05, 0.1) is 23.1 Å². The standard InChI is InChI=1S/C24H41NO5S/c1-15(13-20(24(3,4)5)30-23(29)17-8-6-7-9-17)12-19(26)16(2)22-25-18(14-31-22)10-11-21(27)28/h15-20,26H,6-14H2,1-5H3,(H,27,28)/t15-,16-,18-,19-,20?/m0/s1. The number of aliphatic hydroxyl groups is 1. The molecule has 1 fully saturated rings. The van der Waals surface area contributed by atoms with Gasteiger partial charge >= 0.3 is 11.9 Å². The lowest BCUT2D eigenvalue weighted by Crippen LogP contribution is -2.36. The second kappa shape index (κ2) is 11.7. The SMILES string of the molecule is C[C@H](CC(OC(=O)C1CCCC1)C(C)(C)C)C[C@H](O)[C@H](C)C1=N[C@@H](CCC(=O)O)CS1. The third kappa shape index (κ3) is 8.41. The first-order valence-electron chi connectivity index (χ1n) is 11.8. The number of carboxylic acids is 1. The quantitative estimate of drug-likeness (QED) is 0.429. The van der Waals surface area contributed by atoms with Crippen molar-refractivity contribution in [1.82, 2.24) is 0 Å². The van der Waals surface area contributed by atoms with Crippen molar-refractivity contribution in [3.05, 3.63) is 0 Å². The summed E-state index contributed by atoms with van der Waals surface area (Å²) in [5.74, 6) is 0.125. The van der Waals surface area contributed by atoms with Crippen LogP contribution in [0.5, 0.6) is 0 Å². The molecule has 0 aromatic carbocycles. The number of thioether (sulfide) groups is 1. The van der Waals surface area contributed by atoms with Gasteiger partial charge in [-0.25, -0.2) is 0 Å². The lowest BCUT2D eigenvalue weighted by atomic mass is 9.81. The molecular weight excluding hydrogens is 414 g/mol. The van der Waals surface area contributed by atoms with E-state index in [2.05, 4.69) is 32.7 Å². The van der Waals surface area contributed by atoms with Crippen LogP contribution in [0.15, 0.2) is 4.99 Å². The molecule has 0 aromatic rings. The highest BCUT2D eigenvalue weighted by Gasteiger charge is 2.34. The van der Waals surface area contributed by atoms with Gasteiger partial charge in [0.2, 0.25) is 0 Å². The minimum atomic E-state index is -0.794. The summed E-state index contributed by atoms with van der Waals surface area (Å²) in [5, 5.41) is 20.6. The molecule has 6 nitrogen and oxygen atoms in total. The van der Waals surface area contributed by atoms with Crippen LogP contribution in [0.1, 0.15) is 86.0 Å². The van der Waals surface area contributed by atoms with Gasteiger partial charge in [0.15, 0.2) is 0 Å². The van der Waals surface area contributed by atoms with Crippen LogP contribution in [0.2, 0.25) is 0 Å². The van der Waals surface area contributed by atoms with E-state index >= 15 is 0 Å². The molecule has 1 aliphatic heterocycles. The van der Waals surface area contributed by atoms with Gasteiger partial charge in [0, 0.05) is 18.1 Å². The molecule has 5 atom stereocenters. The lowest BCUT2D eigenvalue weighted by molar-refractivity contribution is -0.161. The predicted molar refractivity (Wildman–Crippen MR) is 125 cm³/mol. The number of nitrogens with zero attached hydrogens (tertiary/aromatic N) is 1. The summed E-state index contributed by atoms with van der Waals surface area (Å²) in [6, 6.07) is 0.0310. The van der Waals surface area contributed by atoms with Crippen LogP contribution in [0.3, 0.4) is 0 Å². The van der Waals surface area contributed by atoms with Gasteiger partial charge < -0.3 is 14.9 Å². The normalized spacial score (nSPS) is 23.8. The second-order valence-electron chi connectivity index (χ2n) is 10.6. The third-order valence-electron chi connectivity index (χ3n) is 6.56. The van der Waals surface area contributed by atoms with Gasteiger partial charge in [-0.05, 0) is 43.4 Å². The Labute approximate surface area is 191 Å². The molecule has 7 heteroatoms.